The highest BCUT2D eigenvalue weighted by atomic mass is 32.2. The smallest absolute Gasteiger partial charge is 0.379 e. The summed E-state index contributed by atoms with van der Waals surface area (Å²) < 4.78 is 1.90. The van der Waals surface area contributed by atoms with Gasteiger partial charge in [-0.15, -0.1) is 11.8 Å². The number of pyridine rings is 1. The number of rotatable bonds is 10. The number of amides is 3. The van der Waals surface area contributed by atoms with E-state index in [1.165, 1.54) is 29.2 Å². The van der Waals surface area contributed by atoms with E-state index in [-0.39, 0.29) is 41.1 Å². The lowest BCUT2D eigenvalue weighted by molar-refractivity contribution is -0.689. The Balaban J connectivity index is 1.23. The minimum atomic E-state index is -1.12. The van der Waals surface area contributed by atoms with Crippen molar-refractivity contribution in [2.45, 2.75) is 37.6 Å². The van der Waals surface area contributed by atoms with Crippen molar-refractivity contribution < 1.29 is 38.5 Å². The number of carbonyl (C=O) groups is 5. The minimum Gasteiger partial charge on any atom is -0.478 e. The van der Waals surface area contributed by atoms with Crippen molar-refractivity contribution in [2.75, 3.05) is 12.3 Å². The van der Waals surface area contributed by atoms with Gasteiger partial charge in [0, 0.05) is 42.0 Å². The van der Waals surface area contributed by atoms with Crippen LogP contribution in [0, 0.1) is 0 Å². The highest BCUT2D eigenvalue weighted by Gasteiger charge is 2.46. The summed E-state index contributed by atoms with van der Waals surface area (Å²) in [5.74, 6) is -2.40. The number of fused-ring (bicyclic) bond motifs is 1. The number of nitrogens with zero attached hydrogens (tertiary/aromatic N) is 2. The normalized spacial score (nSPS) is 16.3. The third kappa shape index (κ3) is 6.57. The number of carboxylic acids is 1. The summed E-state index contributed by atoms with van der Waals surface area (Å²) in [5.41, 5.74) is 3.33. The zero-order valence-electron chi connectivity index (χ0n) is 20.4. The first-order chi connectivity index (χ1) is 18.3. The fraction of sp³-hybridized carbons (Fsp3) is 0.308. The van der Waals surface area contributed by atoms with E-state index in [0.29, 0.717) is 31.6 Å². The number of β-lactam (4-membered cyclic amide) rings is 1. The van der Waals surface area contributed by atoms with Crippen molar-refractivity contribution in [3.8, 4) is 0 Å². The van der Waals surface area contributed by atoms with Gasteiger partial charge in [-0.05, 0) is 31.0 Å². The molecule has 3 N–H and O–H groups in total. The Bertz CT molecular complexity index is 1280. The zero-order chi connectivity index (χ0) is 27.1. The van der Waals surface area contributed by atoms with Gasteiger partial charge in [-0.25, -0.2) is 14.2 Å². The van der Waals surface area contributed by atoms with Crippen LogP contribution in [0.1, 0.15) is 46.4 Å². The molecule has 1 aromatic carbocycles. The van der Waals surface area contributed by atoms with Crippen LogP contribution in [0.5, 0.6) is 0 Å². The molecule has 0 spiro atoms. The summed E-state index contributed by atoms with van der Waals surface area (Å²) in [6.45, 7) is 0.696. The van der Waals surface area contributed by atoms with Gasteiger partial charge in [-0.3, -0.25) is 19.3 Å². The van der Waals surface area contributed by atoms with Crippen molar-refractivity contribution in [1.82, 2.24) is 15.7 Å². The van der Waals surface area contributed by atoms with E-state index in [2.05, 4.69) is 10.8 Å². The lowest BCUT2D eigenvalue weighted by Gasteiger charge is -2.43. The number of hydrogen-bond donors (Lipinski definition) is 3. The molecular weight excluding hydrogens is 512 g/mol. The number of thioether (sulfide) groups is 1. The number of hydroxylamine groups is 1. The molecule has 2 aliphatic rings. The summed E-state index contributed by atoms with van der Waals surface area (Å²) in [6, 6.07) is 11.3. The van der Waals surface area contributed by atoms with Gasteiger partial charge >= 0.3 is 11.9 Å². The Morgan fingerprint density at radius 2 is 1.84 bits per heavy atom. The molecule has 0 radical (unpaired) electrons. The van der Waals surface area contributed by atoms with Crippen LogP contribution in [0.3, 0.4) is 0 Å². The van der Waals surface area contributed by atoms with Crippen LogP contribution in [-0.4, -0.2) is 57.3 Å². The van der Waals surface area contributed by atoms with E-state index in [9.17, 15) is 24.0 Å². The largest absolute Gasteiger partial charge is 0.478 e. The predicted octanol–water partition coefficient (Wildman–Crippen LogP) is 1.41. The van der Waals surface area contributed by atoms with Crippen LogP contribution in [0.25, 0.3) is 0 Å². The third-order valence-electron chi connectivity index (χ3n) is 6.02. The monoisotopic (exact) mass is 539 g/mol. The average Bonchev–Trinajstić information content (AvgIpc) is 2.92. The molecule has 11 nitrogen and oxygen atoms in total. The molecule has 0 aliphatic carbocycles. The summed E-state index contributed by atoms with van der Waals surface area (Å²) in [7, 11) is 0. The molecule has 1 fully saturated rings. The molecule has 198 valence electrons. The molecule has 0 unspecified atom stereocenters. The Morgan fingerprint density at radius 3 is 2.58 bits per heavy atom. The molecule has 3 amide bonds. The van der Waals surface area contributed by atoms with Gasteiger partial charge in [0.15, 0.2) is 18.9 Å². The number of hydrogen-bond acceptors (Lipinski definition) is 7. The summed E-state index contributed by atoms with van der Waals surface area (Å²) in [4.78, 5) is 67.1. The molecule has 38 heavy (non-hydrogen) atoms. The van der Waals surface area contributed by atoms with Gasteiger partial charge in [0.2, 0.25) is 5.91 Å². The fourth-order valence-corrected chi connectivity index (χ4v) is 5.31. The standard InChI is InChI=1S/C26H26N4O7S/c31-20(9-2-3-10-27-24(33)17-7-6-8-18(13-17)25(34)35)28-37-26(36)23-19(15-29-11-4-1-5-12-29)16-38-22-14-21(32)30(22)23/h1,4-8,11-13,22H,2-3,9-10,14-16H2,(H2-,27,28,31,33,34,35)/p+1/t22-/m0/s1. The second-order valence-corrected chi connectivity index (χ2v) is 9.91. The molecule has 12 heteroatoms. The molecule has 0 bridgehead atoms. The number of aromatic nitrogens is 1. The first kappa shape index (κ1) is 26.9. The van der Waals surface area contributed by atoms with E-state index in [1.807, 2.05) is 35.2 Å². The second-order valence-electron chi connectivity index (χ2n) is 8.75. The molecule has 2 aromatic rings. The molecule has 4 rings (SSSR count). The third-order valence-corrected chi connectivity index (χ3v) is 7.30. The van der Waals surface area contributed by atoms with Crippen molar-refractivity contribution >= 4 is 41.4 Å². The SMILES string of the molecule is O=C(CCCCNC(=O)c1cccc(C(=O)O)c1)NOC(=O)C1=C(C[n+]2ccccc2)CS[C@H]2CC(=O)N12. The van der Waals surface area contributed by atoms with E-state index < -0.39 is 23.8 Å². The minimum absolute atomic E-state index is 0.0200. The molecule has 0 saturated carbocycles. The van der Waals surface area contributed by atoms with Crippen LogP contribution < -0.4 is 15.4 Å². The molecule has 1 aromatic heterocycles. The quantitative estimate of drug-likeness (QED) is 0.178. The number of aromatic carboxylic acids is 1. The van der Waals surface area contributed by atoms with Crippen LogP contribution in [0.15, 0.2) is 66.1 Å². The van der Waals surface area contributed by atoms with Crippen molar-refractivity contribution in [2.24, 2.45) is 0 Å². The Hall–Kier alpha value is -4.19. The average molecular weight is 540 g/mol. The maximum atomic E-state index is 12.9. The maximum Gasteiger partial charge on any atom is 0.379 e. The first-order valence-electron chi connectivity index (χ1n) is 12.0. The van der Waals surface area contributed by atoms with Crippen LogP contribution in [-0.2, 0) is 25.8 Å². The number of benzene rings is 1. The number of carboxylic acid groups (broad SMARTS) is 1. The van der Waals surface area contributed by atoms with Crippen LogP contribution in [0.4, 0.5) is 0 Å². The van der Waals surface area contributed by atoms with Crippen LogP contribution in [0.2, 0.25) is 0 Å². The maximum absolute atomic E-state index is 12.9. The number of unbranched alkanes of at least 4 members (excludes halogenated alkanes) is 1. The van der Waals surface area contributed by atoms with E-state index in [4.69, 9.17) is 9.94 Å². The summed E-state index contributed by atoms with van der Waals surface area (Å²) in [6.07, 6.45) is 5.05. The van der Waals surface area contributed by atoms with Gasteiger partial charge < -0.3 is 15.3 Å². The molecule has 1 saturated heterocycles. The van der Waals surface area contributed by atoms with Crippen molar-refractivity contribution in [1.29, 1.82) is 0 Å². The summed E-state index contributed by atoms with van der Waals surface area (Å²) in [5, 5.41) is 11.6. The van der Waals surface area contributed by atoms with E-state index >= 15 is 0 Å². The van der Waals surface area contributed by atoms with E-state index in [1.54, 1.807) is 11.8 Å². The number of nitrogens with one attached hydrogen (secondary N) is 2. The molecule has 2 aliphatic heterocycles. The Kier molecular flexibility index (Phi) is 8.74. The lowest BCUT2D eigenvalue weighted by Crippen LogP contribution is -2.55. The molecular formula is C26H27N4O7S+. The number of carbonyl (C=O) groups excluding carboxylic acids is 4. The van der Waals surface area contributed by atoms with Crippen molar-refractivity contribution in [3.63, 3.8) is 0 Å². The topological polar surface area (TPSA) is 146 Å². The predicted molar refractivity (Wildman–Crippen MR) is 135 cm³/mol. The summed E-state index contributed by atoms with van der Waals surface area (Å²) >= 11 is 1.59. The fourth-order valence-electron chi connectivity index (χ4n) is 4.06. The van der Waals surface area contributed by atoms with Crippen LogP contribution >= 0.6 is 11.8 Å². The zero-order valence-corrected chi connectivity index (χ0v) is 21.2. The highest BCUT2D eigenvalue weighted by Crippen LogP contribution is 2.40. The Labute approximate surface area is 222 Å². The van der Waals surface area contributed by atoms with Gasteiger partial charge in [0.25, 0.3) is 11.8 Å². The van der Waals surface area contributed by atoms with Gasteiger partial charge in [-0.2, -0.15) is 5.48 Å². The van der Waals surface area contributed by atoms with E-state index in [0.717, 1.165) is 5.57 Å². The van der Waals surface area contributed by atoms with Gasteiger partial charge in [0.1, 0.15) is 5.70 Å². The second kappa shape index (κ2) is 12.4. The van der Waals surface area contributed by atoms with Crippen molar-refractivity contribution in [3.05, 3.63) is 77.3 Å². The van der Waals surface area contributed by atoms with Gasteiger partial charge in [-0.1, -0.05) is 12.1 Å². The molecule has 3 heterocycles. The first-order valence-corrected chi connectivity index (χ1v) is 13.1. The lowest BCUT2D eigenvalue weighted by atomic mass is 10.1. The van der Waals surface area contributed by atoms with Gasteiger partial charge in [0.05, 0.1) is 17.4 Å². The Morgan fingerprint density at radius 1 is 1.08 bits per heavy atom. The molecule has 1 atom stereocenters. The highest BCUT2D eigenvalue weighted by molar-refractivity contribution is 8.00.